The van der Waals surface area contributed by atoms with E-state index in [1.165, 1.54) is 0 Å². The summed E-state index contributed by atoms with van der Waals surface area (Å²) in [5, 5.41) is 3.84. The molecular formula is C21H22N2O4. The molecular weight excluding hydrogens is 344 g/mol. The molecule has 3 aromatic rings. The van der Waals surface area contributed by atoms with E-state index in [1.54, 1.807) is 33.6 Å². The first-order valence-electron chi connectivity index (χ1n) is 8.53. The Morgan fingerprint density at radius 1 is 1.00 bits per heavy atom. The Morgan fingerprint density at radius 3 is 2.33 bits per heavy atom. The highest BCUT2D eigenvalue weighted by atomic mass is 16.5. The molecule has 1 atom stereocenters. The Hall–Kier alpha value is -3.28. The number of nitrogens with one attached hydrogen (secondary N) is 1. The van der Waals surface area contributed by atoms with Crippen molar-refractivity contribution in [3.8, 4) is 17.2 Å². The van der Waals surface area contributed by atoms with Crippen LogP contribution in [0.15, 0.2) is 48.7 Å². The summed E-state index contributed by atoms with van der Waals surface area (Å²) in [5.41, 5.74) is 2.21. The number of carbonyl (C=O) groups excluding carboxylic acids is 1. The molecule has 140 valence electrons. The van der Waals surface area contributed by atoms with Crippen molar-refractivity contribution in [1.82, 2.24) is 10.3 Å². The van der Waals surface area contributed by atoms with Crippen LogP contribution in [0.4, 0.5) is 0 Å². The van der Waals surface area contributed by atoms with Crippen molar-refractivity contribution in [2.75, 3.05) is 21.3 Å². The first kappa shape index (κ1) is 18.5. The lowest BCUT2D eigenvalue weighted by molar-refractivity contribution is 0.0941. The van der Waals surface area contributed by atoms with Crippen LogP contribution in [0.5, 0.6) is 17.2 Å². The monoisotopic (exact) mass is 366 g/mol. The van der Waals surface area contributed by atoms with Gasteiger partial charge in [-0.1, -0.05) is 12.1 Å². The number of rotatable bonds is 6. The molecule has 0 aliphatic carbocycles. The highest BCUT2D eigenvalue weighted by molar-refractivity contribution is 6.06. The largest absolute Gasteiger partial charge is 0.493 e. The Bertz CT molecular complexity index is 941. The van der Waals surface area contributed by atoms with E-state index in [2.05, 4.69) is 10.3 Å². The minimum atomic E-state index is -0.266. The van der Waals surface area contributed by atoms with Crippen LogP contribution < -0.4 is 19.5 Å². The van der Waals surface area contributed by atoms with Gasteiger partial charge in [0.25, 0.3) is 5.91 Å². The second-order valence-electron chi connectivity index (χ2n) is 6.03. The molecule has 0 saturated carbocycles. The van der Waals surface area contributed by atoms with Crippen molar-refractivity contribution >= 4 is 16.8 Å². The number of amides is 1. The number of hydrogen-bond acceptors (Lipinski definition) is 5. The molecule has 0 saturated heterocycles. The zero-order valence-electron chi connectivity index (χ0n) is 15.8. The first-order chi connectivity index (χ1) is 13.1. The van der Waals surface area contributed by atoms with Gasteiger partial charge in [-0.15, -0.1) is 0 Å². The number of carbonyl (C=O) groups is 1. The quantitative estimate of drug-likeness (QED) is 0.719. The lowest BCUT2D eigenvalue weighted by Crippen LogP contribution is -2.27. The number of nitrogens with zero attached hydrogens (tertiary/aromatic N) is 1. The topological polar surface area (TPSA) is 69.7 Å². The van der Waals surface area contributed by atoms with E-state index in [0.717, 1.165) is 16.5 Å². The number of aromatic nitrogens is 1. The van der Waals surface area contributed by atoms with Gasteiger partial charge in [-0.2, -0.15) is 0 Å². The van der Waals surface area contributed by atoms with E-state index in [4.69, 9.17) is 14.2 Å². The molecule has 0 radical (unpaired) electrons. The number of benzene rings is 2. The predicted molar refractivity (Wildman–Crippen MR) is 104 cm³/mol. The van der Waals surface area contributed by atoms with Crippen LogP contribution >= 0.6 is 0 Å². The molecule has 1 unspecified atom stereocenters. The van der Waals surface area contributed by atoms with Gasteiger partial charge in [-0.3, -0.25) is 9.78 Å². The van der Waals surface area contributed by atoms with Crippen LogP contribution in [0.2, 0.25) is 0 Å². The zero-order chi connectivity index (χ0) is 19.4. The molecule has 0 aliphatic heterocycles. The summed E-state index contributed by atoms with van der Waals surface area (Å²) in [6.07, 6.45) is 1.71. The van der Waals surface area contributed by atoms with E-state index in [1.807, 2.05) is 43.3 Å². The average Bonchev–Trinajstić information content (AvgIpc) is 2.71. The summed E-state index contributed by atoms with van der Waals surface area (Å²) in [6.45, 7) is 1.90. The Kier molecular flexibility index (Phi) is 5.45. The second-order valence-corrected chi connectivity index (χ2v) is 6.03. The van der Waals surface area contributed by atoms with Gasteiger partial charge in [-0.25, -0.2) is 0 Å². The van der Waals surface area contributed by atoms with Crippen molar-refractivity contribution in [1.29, 1.82) is 0 Å². The molecule has 2 aromatic carbocycles. The maximum Gasteiger partial charge on any atom is 0.252 e. The third-order valence-corrected chi connectivity index (χ3v) is 4.42. The molecule has 0 fully saturated rings. The second kappa shape index (κ2) is 7.95. The zero-order valence-corrected chi connectivity index (χ0v) is 15.8. The van der Waals surface area contributed by atoms with E-state index >= 15 is 0 Å². The molecule has 0 spiro atoms. The molecule has 1 aromatic heterocycles. The fourth-order valence-electron chi connectivity index (χ4n) is 3.01. The maximum atomic E-state index is 12.8. The molecule has 0 bridgehead atoms. The third-order valence-electron chi connectivity index (χ3n) is 4.42. The average molecular weight is 366 g/mol. The minimum absolute atomic E-state index is 0.171. The predicted octanol–water partition coefficient (Wildman–Crippen LogP) is 3.75. The highest BCUT2D eigenvalue weighted by Gasteiger charge is 2.19. The van der Waals surface area contributed by atoms with Crippen molar-refractivity contribution < 1.29 is 19.0 Å². The van der Waals surface area contributed by atoms with Crippen LogP contribution in [0, 0.1) is 0 Å². The van der Waals surface area contributed by atoms with Gasteiger partial charge in [0.05, 0.1) is 32.9 Å². The van der Waals surface area contributed by atoms with Crippen molar-refractivity contribution in [3.63, 3.8) is 0 Å². The van der Waals surface area contributed by atoms with Gasteiger partial charge in [0.15, 0.2) is 11.5 Å². The van der Waals surface area contributed by atoms with E-state index in [9.17, 15) is 4.79 Å². The Balaban J connectivity index is 1.90. The van der Waals surface area contributed by atoms with Gasteiger partial charge >= 0.3 is 0 Å². The lowest BCUT2D eigenvalue weighted by Gasteiger charge is -2.19. The van der Waals surface area contributed by atoms with E-state index in [0.29, 0.717) is 22.8 Å². The SMILES string of the molecule is COc1cc(C(C)NC(=O)c2cccc3ncccc23)cc(OC)c1OC. The van der Waals surface area contributed by atoms with E-state index < -0.39 is 0 Å². The van der Waals surface area contributed by atoms with Crippen molar-refractivity contribution in [2.24, 2.45) is 0 Å². The lowest BCUT2D eigenvalue weighted by atomic mass is 10.0. The molecule has 6 nitrogen and oxygen atoms in total. The summed E-state index contributed by atoms with van der Waals surface area (Å²) in [7, 11) is 4.68. The molecule has 3 rings (SSSR count). The smallest absolute Gasteiger partial charge is 0.252 e. The number of methoxy groups -OCH3 is 3. The summed E-state index contributed by atoms with van der Waals surface area (Å²) >= 11 is 0. The molecule has 6 heteroatoms. The minimum Gasteiger partial charge on any atom is -0.493 e. The normalized spacial score (nSPS) is 11.7. The number of ether oxygens (including phenoxy) is 3. The molecule has 0 aliphatic rings. The summed E-state index contributed by atoms with van der Waals surface area (Å²) < 4.78 is 16.1. The Labute approximate surface area is 158 Å². The van der Waals surface area contributed by atoms with Crippen molar-refractivity contribution in [3.05, 3.63) is 59.8 Å². The fraction of sp³-hybridized carbons (Fsp3) is 0.238. The van der Waals surface area contributed by atoms with Crippen LogP contribution in [-0.2, 0) is 0 Å². The maximum absolute atomic E-state index is 12.8. The van der Waals surface area contributed by atoms with Gasteiger partial charge in [0.2, 0.25) is 5.75 Å². The van der Waals surface area contributed by atoms with Gasteiger partial charge in [0, 0.05) is 17.1 Å². The van der Waals surface area contributed by atoms with Crippen LogP contribution in [0.25, 0.3) is 10.9 Å². The summed E-state index contributed by atoms with van der Waals surface area (Å²) in [4.78, 5) is 17.1. The van der Waals surface area contributed by atoms with E-state index in [-0.39, 0.29) is 11.9 Å². The van der Waals surface area contributed by atoms with Gasteiger partial charge in [0.1, 0.15) is 0 Å². The number of fused-ring (bicyclic) bond motifs is 1. The number of pyridine rings is 1. The third kappa shape index (κ3) is 3.65. The van der Waals surface area contributed by atoms with Crippen LogP contribution in [0.3, 0.4) is 0 Å². The standard InChI is InChI=1S/C21H22N2O4/c1-13(14-11-18(25-2)20(27-4)19(12-14)26-3)23-21(24)16-7-5-9-17-15(16)8-6-10-22-17/h5-13H,1-4H3,(H,23,24). The van der Waals surface area contributed by atoms with Crippen molar-refractivity contribution in [2.45, 2.75) is 13.0 Å². The van der Waals surface area contributed by atoms with Crippen LogP contribution in [-0.4, -0.2) is 32.2 Å². The molecule has 1 amide bonds. The highest BCUT2D eigenvalue weighted by Crippen LogP contribution is 2.39. The van der Waals surface area contributed by atoms with Gasteiger partial charge < -0.3 is 19.5 Å². The molecule has 1 N–H and O–H groups in total. The van der Waals surface area contributed by atoms with Crippen LogP contribution in [0.1, 0.15) is 28.9 Å². The summed E-state index contributed by atoms with van der Waals surface area (Å²) in [6, 6.07) is 12.6. The Morgan fingerprint density at radius 2 is 1.70 bits per heavy atom. The summed E-state index contributed by atoms with van der Waals surface area (Å²) in [5.74, 6) is 1.43. The fourth-order valence-corrected chi connectivity index (χ4v) is 3.01. The first-order valence-corrected chi connectivity index (χ1v) is 8.53. The molecule has 27 heavy (non-hydrogen) atoms. The van der Waals surface area contributed by atoms with Gasteiger partial charge in [-0.05, 0) is 42.8 Å². The number of hydrogen-bond donors (Lipinski definition) is 1. The molecule has 1 heterocycles.